The number of rotatable bonds is 2. The first-order valence-corrected chi connectivity index (χ1v) is 7.22. The largest absolute Gasteiger partial charge is 0.324 e. The first-order valence-electron chi connectivity index (χ1n) is 6.42. The van der Waals surface area contributed by atoms with Gasteiger partial charge in [0, 0.05) is 16.1 Å². The van der Waals surface area contributed by atoms with Crippen LogP contribution in [0.4, 0.5) is 4.39 Å². The SMILES string of the molecule is NC(c1cc(Br)ccc1F)C1Cc2ccccc2C1. The molecule has 0 bridgehead atoms. The fourth-order valence-electron chi connectivity index (χ4n) is 2.87. The van der Waals surface area contributed by atoms with E-state index in [0.717, 1.165) is 17.3 Å². The van der Waals surface area contributed by atoms with Gasteiger partial charge in [-0.15, -0.1) is 0 Å². The molecule has 98 valence electrons. The van der Waals surface area contributed by atoms with E-state index in [-0.39, 0.29) is 17.8 Å². The maximum absolute atomic E-state index is 13.9. The normalized spacial score (nSPS) is 16.4. The molecule has 3 heteroatoms. The van der Waals surface area contributed by atoms with Gasteiger partial charge in [-0.3, -0.25) is 0 Å². The third-order valence-corrected chi connectivity index (χ3v) is 4.40. The summed E-state index contributed by atoms with van der Waals surface area (Å²) in [6.07, 6.45) is 1.87. The Morgan fingerprint density at radius 1 is 1.11 bits per heavy atom. The van der Waals surface area contributed by atoms with Gasteiger partial charge >= 0.3 is 0 Å². The van der Waals surface area contributed by atoms with E-state index in [4.69, 9.17) is 5.73 Å². The zero-order valence-corrected chi connectivity index (χ0v) is 12.0. The molecule has 1 nitrogen and oxygen atoms in total. The number of hydrogen-bond donors (Lipinski definition) is 1. The van der Waals surface area contributed by atoms with Crippen molar-refractivity contribution >= 4 is 15.9 Å². The van der Waals surface area contributed by atoms with Crippen molar-refractivity contribution in [3.63, 3.8) is 0 Å². The quantitative estimate of drug-likeness (QED) is 0.889. The Kier molecular flexibility index (Phi) is 3.42. The second kappa shape index (κ2) is 5.06. The highest BCUT2D eigenvalue weighted by Gasteiger charge is 2.28. The summed E-state index contributed by atoms with van der Waals surface area (Å²) in [4.78, 5) is 0. The molecule has 0 heterocycles. The molecule has 1 atom stereocenters. The number of nitrogens with two attached hydrogens (primary N) is 1. The van der Waals surface area contributed by atoms with E-state index in [1.807, 2.05) is 12.1 Å². The van der Waals surface area contributed by atoms with E-state index >= 15 is 0 Å². The molecule has 1 aliphatic rings. The summed E-state index contributed by atoms with van der Waals surface area (Å²) >= 11 is 3.38. The second-order valence-corrected chi connectivity index (χ2v) is 6.04. The van der Waals surface area contributed by atoms with Crippen LogP contribution in [0.1, 0.15) is 22.7 Å². The summed E-state index contributed by atoms with van der Waals surface area (Å²) in [7, 11) is 0. The van der Waals surface area contributed by atoms with Crippen LogP contribution in [0, 0.1) is 11.7 Å². The third kappa shape index (κ3) is 2.45. The lowest BCUT2D eigenvalue weighted by atomic mass is 9.91. The smallest absolute Gasteiger partial charge is 0.128 e. The van der Waals surface area contributed by atoms with Gasteiger partial charge in [-0.25, -0.2) is 4.39 Å². The van der Waals surface area contributed by atoms with Gasteiger partial charge in [-0.05, 0) is 48.1 Å². The summed E-state index contributed by atoms with van der Waals surface area (Å²) < 4.78 is 14.8. The molecule has 2 aromatic rings. The second-order valence-electron chi connectivity index (χ2n) is 5.13. The van der Waals surface area contributed by atoms with Gasteiger partial charge in [-0.2, -0.15) is 0 Å². The van der Waals surface area contributed by atoms with Crippen molar-refractivity contribution in [1.82, 2.24) is 0 Å². The van der Waals surface area contributed by atoms with E-state index in [1.165, 1.54) is 17.2 Å². The Labute approximate surface area is 120 Å². The molecule has 3 rings (SSSR count). The molecule has 1 aliphatic carbocycles. The zero-order valence-electron chi connectivity index (χ0n) is 10.4. The van der Waals surface area contributed by atoms with Crippen LogP contribution >= 0.6 is 15.9 Å². The van der Waals surface area contributed by atoms with Crippen molar-refractivity contribution in [2.75, 3.05) is 0 Å². The Morgan fingerprint density at radius 3 is 2.37 bits per heavy atom. The summed E-state index contributed by atoms with van der Waals surface area (Å²) in [6, 6.07) is 13.1. The van der Waals surface area contributed by atoms with E-state index in [2.05, 4.69) is 28.1 Å². The van der Waals surface area contributed by atoms with Crippen LogP contribution in [0.15, 0.2) is 46.9 Å². The molecule has 0 fully saturated rings. The van der Waals surface area contributed by atoms with Crippen LogP contribution in [0.3, 0.4) is 0 Å². The predicted molar refractivity (Wildman–Crippen MR) is 78.4 cm³/mol. The lowest BCUT2D eigenvalue weighted by Crippen LogP contribution is -2.23. The van der Waals surface area contributed by atoms with Crippen molar-refractivity contribution in [3.05, 3.63) is 69.4 Å². The van der Waals surface area contributed by atoms with Crippen LogP contribution < -0.4 is 5.73 Å². The van der Waals surface area contributed by atoms with E-state index in [0.29, 0.717) is 5.56 Å². The molecule has 0 radical (unpaired) electrons. The van der Waals surface area contributed by atoms with Crippen molar-refractivity contribution in [2.24, 2.45) is 11.7 Å². The monoisotopic (exact) mass is 319 g/mol. The van der Waals surface area contributed by atoms with Crippen LogP contribution in [0.25, 0.3) is 0 Å². The minimum absolute atomic E-state index is 0.216. The highest BCUT2D eigenvalue weighted by molar-refractivity contribution is 9.10. The molecule has 19 heavy (non-hydrogen) atoms. The lowest BCUT2D eigenvalue weighted by molar-refractivity contribution is 0.436. The molecule has 1 unspecified atom stereocenters. The van der Waals surface area contributed by atoms with E-state index in [1.54, 1.807) is 12.1 Å². The number of benzene rings is 2. The Morgan fingerprint density at radius 2 is 1.74 bits per heavy atom. The fourth-order valence-corrected chi connectivity index (χ4v) is 3.25. The summed E-state index contributed by atoms with van der Waals surface area (Å²) in [5, 5.41) is 0. The van der Waals surface area contributed by atoms with Crippen LogP contribution in [0.2, 0.25) is 0 Å². The number of fused-ring (bicyclic) bond motifs is 1. The van der Waals surface area contributed by atoms with Crippen molar-refractivity contribution in [2.45, 2.75) is 18.9 Å². The Balaban J connectivity index is 1.87. The average molecular weight is 320 g/mol. The molecule has 0 saturated carbocycles. The molecule has 0 saturated heterocycles. The van der Waals surface area contributed by atoms with Gasteiger partial charge in [0.1, 0.15) is 5.82 Å². The summed E-state index contributed by atoms with van der Waals surface area (Å²) in [5.74, 6) is 0.0628. The van der Waals surface area contributed by atoms with Crippen molar-refractivity contribution in [3.8, 4) is 0 Å². The zero-order chi connectivity index (χ0) is 13.4. The van der Waals surface area contributed by atoms with E-state index in [9.17, 15) is 4.39 Å². The van der Waals surface area contributed by atoms with Gasteiger partial charge in [0.15, 0.2) is 0 Å². The Hall–Kier alpha value is -1.19. The number of halogens is 2. The van der Waals surface area contributed by atoms with Gasteiger partial charge in [-0.1, -0.05) is 40.2 Å². The standard InChI is InChI=1S/C16H15BrFN/c17-13-5-6-15(18)14(9-13)16(19)12-7-10-3-1-2-4-11(10)8-12/h1-6,9,12,16H,7-8,19H2. The lowest BCUT2D eigenvalue weighted by Gasteiger charge is -2.20. The molecule has 2 aromatic carbocycles. The van der Waals surface area contributed by atoms with Crippen molar-refractivity contribution in [1.29, 1.82) is 0 Å². The molecular formula is C16H15BrFN. The Bertz CT molecular complexity index is 586. The molecule has 2 N–H and O–H groups in total. The number of hydrogen-bond acceptors (Lipinski definition) is 1. The molecule has 0 spiro atoms. The van der Waals surface area contributed by atoms with Crippen LogP contribution in [0.5, 0.6) is 0 Å². The fraction of sp³-hybridized carbons (Fsp3) is 0.250. The predicted octanol–water partition coefficient (Wildman–Crippen LogP) is 4.00. The minimum atomic E-state index is -0.259. The van der Waals surface area contributed by atoms with Crippen LogP contribution in [-0.4, -0.2) is 0 Å². The van der Waals surface area contributed by atoms with Gasteiger partial charge < -0.3 is 5.73 Å². The first-order chi connectivity index (χ1) is 9.15. The van der Waals surface area contributed by atoms with Crippen molar-refractivity contribution < 1.29 is 4.39 Å². The first kappa shape index (κ1) is 12.8. The average Bonchev–Trinajstić information content (AvgIpc) is 2.84. The molecule has 0 aromatic heterocycles. The minimum Gasteiger partial charge on any atom is -0.324 e. The highest BCUT2D eigenvalue weighted by atomic mass is 79.9. The third-order valence-electron chi connectivity index (χ3n) is 3.91. The van der Waals surface area contributed by atoms with Gasteiger partial charge in [0.25, 0.3) is 0 Å². The molecule has 0 amide bonds. The maximum atomic E-state index is 13.9. The van der Waals surface area contributed by atoms with Gasteiger partial charge in [0.2, 0.25) is 0 Å². The summed E-state index contributed by atoms with van der Waals surface area (Å²) in [5.41, 5.74) is 9.58. The molecular weight excluding hydrogens is 305 g/mol. The highest BCUT2D eigenvalue weighted by Crippen LogP contribution is 2.35. The molecule has 0 aliphatic heterocycles. The van der Waals surface area contributed by atoms with E-state index < -0.39 is 0 Å². The van der Waals surface area contributed by atoms with Gasteiger partial charge in [0.05, 0.1) is 0 Å². The maximum Gasteiger partial charge on any atom is 0.128 e. The topological polar surface area (TPSA) is 26.0 Å². The van der Waals surface area contributed by atoms with Crippen LogP contribution in [-0.2, 0) is 12.8 Å². The summed E-state index contributed by atoms with van der Waals surface area (Å²) in [6.45, 7) is 0.